The predicted octanol–water partition coefficient (Wildman–Crippen LogP) is 3.52. The molecule has 3 nitrogen and oxygen atoms in total. The van der Waals surface area contributed by atoms with E-state index in [2.05, 4.69) is 5.32 Å². The first-order valence-corrected chi connectivity index (χ1v) is 7.77. The lowest BCUT2D eigenvalue weighted by Gasteiger charge is -2.27. The second kappa shape index (κ2) is 7.30. The average molecular weight is 298 g/mol. The third kappa shape index (κ3) is 4.11. The molecule has 1 fully saturated rings. The number of benzene rings is 1. The van der Waals surface area contributed by atoms with Crippen LogP contribution in [0.4, 0.5) is 0 Å². The molecule has 0 aliphatic heterocycles. The van der Waals surface area contributed by atoms with E-state index in [1.807, 2.05) is 18.2 Å². The highest BCUT2D eigenvalue weighted by Gasteiger charge is 2.27. The van der Waals surface area contributed by atoms with Gasteiger partial charge in [0, 0.05) is 23.7 Å². The normalized spacial score (nSPS) is 18.6. The quantitative estimate of drug-likeness (QED) is 0.817. The molecule has 1 aromatic rings. The van der Waals surface area contributed by atoms with Gasteiger partial charge in [-0.15, -0.1) is 0 Å². The van der Waals surface area contributed by atoms with Gasteiger partial charge in [0.25, 0.3) is 0 Å². The molecular weight excluding hydrogens is 274 g/mol. The van der Waals surface area contributed by atoms with E-state index >= 15 is 0 Å². The molecule has 1 aliphatic rings. The molecule has 0 atom stereocenters. The maximum absolute atomic E-state index is 10.6. The van der Waals surface area contributed by atoms with Gasteiger partial charge in [-0.1, -0.05) is 43.4 Å². The Bertz CT molecular complexity index is 428. The third-order valence-corrected chi connectivity index (χ3v) is 4.44. The van der Waals surface area contributed by atoms with Crippen LogP contribution in [0, 0.1) is 0 Å². The van der Waals surface area contributed by atoms with Crippen LogP contribution in [0.3, 0.4) is 0 Å². The monoisotopic (exact) mass is 297 g/mol. The van der Waals surface area contributed by atoms with E-state index in [0.29, 0.717) is 18.1 Å². The van der Waals surface area contributed by atoms with Gasteiger partial charge in [-0.05, 0) is 25.0 Å². The van der Waals surface area contributed by atoms with Crippen molar-refractivity contribution in [2.75, 3.05) is 13.7 Å². The molecule has 1 aromatic carbocycles. The average Bonchev–Trinajstić information content (AvgIpc) is 2.65. The summed E-state index contributed by atoms with van der Waals surface area (Å²) in [5, 5.41) is 14.6. The molecule has 0 amide bonds. The van der Waals surface area contributed by atoms with Crippen LogP contribution < -0.4 is 10.1 Å². The Balaban J connectivity index is 1.92. The summed E-state index contributed by atoms with van der Waals surface area (Å²) in [5.41, 5.74) is 0.388. The summed E-state index contributed by atoms with van der Waals surface area (Å²) in [6.07, 6.45) is 6.49. The standard InChI is InChI=1S/C16H24ClNO2/c1-20-15-8-6-7-14(17)13(15)11-18-12-16(19)9-4-2-3-5-10-16/h6-8,18-19H,2-5,9-12H2,1H3. The summed E-state index contributed by atoms with van der Waals surface area (Å²) in [5.74, 6) is 0.790. The van der Waals surface area contributed by atoms with E-state index in [9.17, 15) is 5.11 Å². The van der Waals surface area contributed by atoms with Crippen molar-refractivity contribution in [1.29, 1.82) is 0 Å². The number of rotatable bonds is 5. The summed E-state index contributed by atoms with van der Waals surface area (Å²) in [6.45, 7) is 1.23. The van der Waals surface area contributed by atoms with Gasteiger partial charge in [-0.2, -0.15) is 0 Å². The number of methoxy groups -OCH3 is 1. The lowest BCUT2D eigenvalue weighted by Crippen LogP contribution is -2.40. The molecule has 0 unspecified atom stereocenters. The fourth-order valence-corrected chi connectivity index (χ4v) is 3.12. The molecular formula is C16H24ClNO2. The maximum Gasteiger partial charge on any atom is 0.124 e. The zero-order valence-corrected chi connectivity index (χ0v) is 12.9. The minimum absolute atomic E-state index is 0.564. The van der Waals surface area contributed by atoms with Crippen LogP contribution in [0.5, 0.6) is 5.75 Å². The first-order chi connectivity index (χ1) is 9.64. The molecule has 2 N–H and O–H groups in total. The predicted molar refractivity (Wildman–Crippen MR) is 82.4 cm³/mol. The van der Waals surface area contributed by atoms with E-state index in [1.165, 1.54) is 12.8 Å². The van der Waals surface area contributed by atoms with E-state index in [-0.39, 0.29) is 0 Å². The van der Waals surface area contributed by atoms with Crippen molar-refractivity contribution in [3.05, 3.63) is 28.8 Å². The number of nitrogens with one attached hydrogen (secondary N) is 1. The number of halogens is 1. The summed E-state index contributed by atoms with van der Waals surface area (Å²) in [4.78, 5) is 0. The van der Waals surface area contributed by atoms with Crippen molar-refractivity contribution in [2.24, 2.45) is 0 Å². The van der Waals surface area contributed by atoms with Gasteiger partial charge in [0.15, 0.2) is 0 Å². The number of hydrogen-bond acceptors (Lipinski definition) is 3. The fourth-order valence-electron chi connectivity index (χ4n) is 2.89. The van der Waals surface area contributed by atoms with Crippen molar-refractivity contribution in [1.82, 2.24) is 5.32 Å². The molecule has 4 heteroatoms. The summed E-state index contributed by atoms with van der Waals surface area (Å²) >= 11 is 6.21. The van der Waals surface area contributed by atoms with Crippen LogP contribution in [-0.2, 0) is 6.54 Å². The molecule has 112 valence electrons. The summed E-state index contributed by atoms with van der Waals surface area (Å²) in [7, 11) is 1.65. The highest BCUT2D eigenvalue weighted by molar-refractivity contribution is 6.31. The van der Waals surface area contributed by atoms with Crippen molar-refractivity contribution in [3.63, 3.8) is 0 Å². The Morgan fingerprint density at radius 2 is 1.95 bits per heavy atom. The van der Waals surface area contributed by atoms with Crippen LogP contribution in [0.25, 0.3) is 0 Å². The number of ether oxygens (including phenoxy) is 1. The zero-order valence-electron chi connectivity index (χ0n) is 12.1. The minimum atomic E-state index is -0.564. The van der Waals surface area contributed by atoms with Crippen LogP contribution in [0.1, 0.15) is 44.1 Å². The van der Waals surface area contributed by atoms with Gasteiger partial charge < -0.3 is 15.2 Å². The molecule has 20 heavy (non-hydrogen) atoms. The Hall–Kier alpha value is -0.770. The highest BCUT2D eigenvalue weighted by atomic mass is 35.5. The maximum atomic E-state index is 10.6. The van der Waals surface area contributed by atoms with Crippen LogP contribution in [0.2, 0.25) is 5.02 Å². The van der Waals surface area contributed by atoms with E-state index in [1.54, 1.807) is 7.11 Å². The third-order valence-electron chi connectivity index (χ3n) is 4.09. The van der Waals surface area contributed by atoms with Crippen molar-refractivity contribution in [2.45, 2.75) is 50.7 Å². The molecule has 0 bridgehead atoms. The lowest BCUT2D eigenvalue weighted by molar-refractivity contribution is 0.0250. The molecule has 1 saturated carbocycles. The van der Waals surface area contributed by atoms with Crippen LogP contribution >= 0.6 is 11.6 Å². The Labute approximate surface area is 126 Å². The molecule has 0 radical (unpaired) electrons. The molecule has 0 saturated heterocycles. The first-order valence-electron chi connectivity index (χ1n) is 7.39. The van der Waals surface area contributed by atoms with Gasteiger partial charge in [0.2, 0.25) is 0 Å². The smallest absolute Gasteiger partial charge is 0.124 e. The molecule has 0 spiro atoms. The van der Waals surface area contributed by atoms with Crippen molar-refractivity contribution < 1.29 is 9.84 Å². The van der Waals surface area contributed by atoms with Gasteiger partial charge in [0.1, 0.15) is 5.75 Å². The summed E-state index contributed by atoms with van der Waals surface area (Å²) < 4.78 is 5.33. The Morgan fingerprint density at radius 1 is 1.25 bits per heavy atom. The van der Waals surface area contributed by atoms with Gasteiger partial charge in [-0.3, -0.25) is 0 Å². The van der Waals surface area contributed by atoms with Gasteiger partial charge in [0.05, 0.1) is 12.7 Å². The van der Waals surface area contributed by atoms with Crippen LogP contribution in [0.15, 0.2) is 18.2 Å². The molecule has 2 rings (SSSR count). The second-order valence-corrected chi connectivity index (χ2v) is 6.07. The zero-order chi connectivity index (χ0) is 14.4. The summed E-state index contributed by atoms with van der Waals surface area (Å²) in [6, 6.07) is 5.65. The van der Waals surface area contributed by atoms with Crippen molar-refractivity contribution >= 4 is 11.6 Å². The van der Waals surface area contributed by atoms with Gasteiger partial charge in [-0.25, -0.2) is 0 Å². The number of hydrogen-bond donors (Lipinski definition) is 2. The Kier molecular flexibility index (Phi) is 5.70. The topological polar surface area (TPSA) is 41.5 Å². The second-order valence-electron chi connectivity index (χ2n) is 5.66. The Morgan fingerprint density at radius 3 is 2.60 bits per heavy atom. The largest absolute Gasteiger partial charge is 0.496 e. The van der Waals surface area contributed by atoms with E-state index in [4.69, 9.17) is 16.3 Å². The van der Waals surface area contributed by atoms with Gasteiger partial charge >= 0.3 is 0 Å². The first kappa shape index (κ1) is 15.6. The number of aliphatic hydroxyl groups is 1. The fraction of sp³-hybridized carbons (Fsp3) is 0.625. The SMILES string of the molecule is COc1cccc(Cl)c1CNCC1(O)CCCCCC1. The molecule has 1 aliphatic carbocycles. The highest BCUT2D eigenvalue weighted by Crippen LogP contribution is 2.28. The molecule has 0 aromatic heterocycles. The van der Waals surface area contributed by atoms with Crippen molar-refractivity contribution in [3.8, 4) is 5.75 Å². The van der Waals surface area contributed by atoms with Crippen LogP contribution in [-0.4, -0.2) is 24.4 Å². The lowest BCUT2D eigenvalue weighted by atomic mass is 9.94. The minimum Gasteiger partial charge on any atom is -0.496 e. The molecule has 0 heterocycles. The van der Waals surface area contributed by atoms with E-state index < -0.39 is 5.60 Å². The van der Waals surface area contributed by atoms with E-state index in [0.717, 1.165) is 37.0 Å².